The van der Waals surface area contributed by atoms with Crippen LogP contribution in [0.5, 0.6) is 0 Å². The Morgan fingerprint density at radius 2 is 1.35 bits per heavy atom. The van der Waals surface area contributed by atoms with Crippen molar-refractivity contribution in [2.75, 3.05) is 13.1 Å². The number of carboxylic acids is 1. The van der Waals surface area contributed by atoms with E-state index in [2.05, 4.69) is 20.9 Å². The van der Waals surface area contributed by atoms with Gasteiger partial charge in [0.15, 0.2) is 5.96 Å². The highest BCUT2D eigenvalue weighted by Gasteiger charge is 2.30. The molecule has 0 rings (SSSR count). The molecule has 0 saturated carbocycles. The quantitative estimate of drug-likeness (QED) is 0.0649. The van der Waals surface area contributed by atoms with Crippen molar-refractivity contribution < 1.29 is 24.3 Å². The molecule has 4 atom stereocenters. The molecule has 13 heteroatoms. The average Bonchev–Trinajstić information content (AvgIpc) is 2.73. The van der Waals surface area contributed by atoms with E-state index in [1.807, 2.05) is 13.8 Å². The molecule has 0 radical (unpaired) electrons. The van der Waals surface area contributed by atoms with E-state index in [1.54, 1.807) is 0 Å². The lowest BCUT2D eigenvalue weighted by atomic mass is 10.0. The van der Waals surface area contributed by atoms with Crippen LogP contribution in [0.15, 0.2) is 4.99 Å². The average molecular weight is 487 g/mol. The fourth-order valence-corrected chi connectivity index (χ4v) is 3.07. The minimum absolute atomic E-state index is 0.0236. The third kappa shape index (κ3) is 13.6. The highest BCUT2D eigenvalue weighted by molar-refractivity contribution is 5.94. The van der Waals surface area contributed by atoms with Gasteiger partial charge in [0.05, 0.1) is 6.04 Å². The van der Waals surface area contributed by atoms with Crippen LogP contribution in [0.3, 0.4) is 0 Å². The summed E-state index contributed by atoms with van der Waals surface area (Å²) in [5.74, 6) is -2.97. The molecule has 0 bridgehead atoms. The van der Waals surface area contributed by atoms with Crippen LogP contribution in [0.25, 0.3) is 0 Å². The van der Waals surface area contributed by atoms with Crippen molar-refractivity contribution in [3.05, 3.63) is 0 Å². The summed E-state index contributed by atoms with van der Waals surface area (Å²) in [5, 5.41) is 17.2. The molecule has 0 aliphatic rings. The number of hydrogen-bond acceptors (Lipinski definition) is 7. The van der Waals surface area contributed by atoms with Gasteiger partial charge in [-0.3, -0.25) is 19.4 Å². The molecule has 0 aromatic carbocycles. The number of nitrogens with zero attached hydrogens (tertiary/aromatic N) is 1. The Hall–Kier alpha value is -2.93. The fraction of sp³-hybridized carbons (Fsp3) is 0.762. The first-order valence-electron chi connectivity index (χ1n) is 11.5. The zero-order valence-electron chi connectivity index (χ0n) is 20.4. The Kier molecular flexibility index (Phi) is 15.2. The number of nitrogens with one attached hydrogen (secondary N) is 3. The zero-order chi connectivity index (χ0) is 26.3. The molecule has 0 saturated heterocycles. The third-order valence-corrected chi connectivity index (χ3v) is 4.89. The van der Waals surface area contributed by atoms with Crippen LogP contribution in [0.4, 0.5) is 0 Å². The summed E-state index contributed by atoms with van der Waals surface area (Å²) in [6.45, 7) is 5.89. The Labute approximate surface area is 200 Å². The lowest BCUT2D eigenvalue weighted by Crippen LogP contribution is -2.57. The van der Waals surface area contributed by atoms with Gasteiger partial charge >= 0.3 is 5.97 Å². The molecule has 4 unspecified atom stereocenters. The predicted octanol–water partition coefficient (Wildman–Crippen LogP) is -1.90. The molecule has 0 aliphatic carbocycles. The monoisotopic (exact) mass is 486 g/mol. The molecule has 0 aromatic rings. The van der Waals surface area contributed by atoms with Crippen LogP contribution in [0.2, 0.25) is 0 Å². The number of carbonyl (C=O) groups is 4. The van der Waals surface area contributed by atoms with Crippen molar-refractivity contribution in [3.8, 4) is 0 Å². The second kappa shape index (κ2) is 16.6. The van der Waals surface area contributed by atoms with Gasteiger partial charge in [0.25, 0.3) is 0 Å². The third-order valence-electron chi connectivity index (χ3n) is 4.89. The Bertz CT molecular complexity index is 695. The van der Waals surface area contributed by atoms with Crippen LogP contribution in [-0.2, 0) is 19.2 Å². The molecule has 34 heavy (non-hydrogen) atoms. The van der Waals surface area contributed by atoms with Crippen molar-refractivity contribution >= 4 is 29.7 Å². The number of aliphatic carboxylic acids is 1. The highest BCUT2D eigenvalue weighted by atomic mass is 16.4. The fourth-order valence-electron chi connectivity index (χ4n) is 3.07. The molecule has 0 aromatic heterocycles. The van der Waals surface area contributed by atoms with Crippen molar-refractivity contribution in [3.63, 3.8) is 0 Å². The SMILES string of the molecule is CC(C)CC(NC(=O)C(CCCCN)NC(=O)C(C)N)C(=O)NC(CCCN=C(N)N)C(=O)O. The Balaban J connectivity index is 5.36. The van der Waals surface area contributed by atoms with E-state index < -0.39 is 47.9 Å². The number of rotatable bonds is 17. The zero-order valence-corrected chi connectivity index (χ0v) is 20.4. The molecular formula is C21H42N8O5. The summed E-state index contributed by atoms with van der Waals surface area (Å²) in [5.41, 5.74) is 21.6. The van der Waals surface area contributed by atoms with Gasteiger partial charge in [-0.2, -0.15) is 0 Å². The molecule has 196 valence electrons. The van der Waals surface area contributed by atoms with E-state index in [1.165, 1.54) is 6.92 Å². The van der Waals surface area contributed by atoms with Crippen LogP contribution in [0, 0.1) is 5.92 Å². The maximum atomic E-state index is 13.0. The standard InChI is InChI=1S/C21H42N8O5/c1-12(2)11-16(19(32)28-15(20(33)34)8-6-10-26-21(24)25)29-18(31)14(7-4-5-9-22)27-17(30)13(3)23/h12-16H,4-11,22-23H2,1-3H3,(H,27,30)(H,28,32)(H,29,31)(H,33,34)(H4,24,25,26). The highest BCUT2D eigenvalue weighted by Crippen LogP contribution is 2.09. The van der Waals surface area contributed by atoms with E-state index in [0.29, 0.717) is 32.2 Å². The molecule has 0 aliphatic heterocycles. The molecule has 0 fully saturated rings. The summed E-state index contributed by atoms with van der Waals surface area (Å²) in [4.78, 5) is 53.3. The van der Waals surface area contributed by atoms with Gasteiger partial charge in [0.2, 0.25) is 17.7 Å². The van der Waals surface area contributed by atoms with Crippen molar-refractivity contribution in [1.29, 1.82) is 0 Å². The van der Waals surface area contributed by atoms with E-state index in [4.69, 9.17) is 22.9 Å². The predicted molar refractivity (Wildman–Crippen MR) is 129 cm³/mol. The first-order chi connectivity index (χ1) is 15.9. The number of nitrogens with two attached hydrogens (primary N) is 4. The van der Waals surface area contributed by atoms with E-state index in [9.17, 15) is 24.3 Å². The van der Waals surface area contributed by atoms with Crippen LogP contribution < -0.4 is 38.9 Å². The van der Waals surface area contributed by atoms with Crippen LogP contribution in [-0.4, -0.2) is 72.0 Å². The molecule has 3 amide bonds. The van der Waals surface area contributed by atoms with Gasteiger partial charge in [-0.1, -0.05) is 13.8 Å². The van der Waals surface area contributed by atoms with E-state index in [-0.39, 0.29) is 31.3 Å². The minimum atomic E-state index is -1.21. The first kappa shape index (κ1) is 31.1. The van der Waals surface area contributed by atoms with Gasteiger partial charge in [-0.25, -0.2) is 4.79 Å². The van der Waals surface area contributed by atoms with Crippen LogP contribution >= 0.6 is 0 Å². The van der Waals surface area contributed by atoms with Gasteiger partial charge in [-0.15, -0.1) is 0 Å². The smallest absolute Gasteiger partial charge is 0.326 e. The summed E-state index contributed by atoms with van der Waals surface area (Å²) < 4.78 is 0. The topological polar surface area (TPSA) is 241 Å². The summed E-state index contributed by atoms with van der Waals surface area (Å²) in [7, 11) is 0. The van der Waals surface area contributed by atoms with Gasteiger partial charge in [-0.05, 0) is 57.9 Å². The summed E-state index contributed by atoms with van der Waals surface area (Å²) in [6, 6.07) is -3.88. The second-order valence-corrected chi connectivity index (χ2v) is 8.67. The summed E-state index contributed by atoms with van der Waals surface area (Å²) >= 11 is 0. The molecular weight excluding hydrogens is 444 g/mol. The van der Waals surface area contributed by atoms with Crippen molar-refractivity contribution in [2.45, 2.75) is 83.5 Å². The second-order valence-electron chi connectivity index (χ2n) is 8.67. The lowest BCUT2D eigenvalue weighted by Gasteiger charge is -2.26. The normalized spacial score (nSPS) is 14.4. The van der Waals surface area contributed by atoms with E-state index >= 15 is 0 Å². The Morgan fingerprint density at radius 1 is 0.824 bits per heavy atom. The van der Waals surface area contributed by atoms with E-state index in [0.717, 1.165) is 0 Å². The number of guanidine groups is 1. The van der Waals surface area contributed by atoms with Gasteiger partial charge < -0.3 is 44.0 Å². The van der Waals surface area contributed by atoms with Crippen LogP contribution in [0.1, 0.15) is 59.3 Å². The van der Waals surface area contributed by atoms with Gasteiger partial charge in [0, 0.05) is 6.54 Å². The minimum Gasteiger partial charge on any atom is -0.480 e. The number of carbonyl (C=O) groups excluding carboxylic acids is 3. The van der Waals surface area contributed by atoms with Crippen molar-refractivity contribution in [2.24, 2.45) is 33.8 Å². The van der Waals surface area contributed by atoms with Crippen molar-refractivity contribution in [1.82, 2.24) is 16.0 Å². The molecule has 13 nitrogen and oxygen atoms in total. The summed E-state index contributed by atoms with van der Waals surface area (Å²) in [6.07, 6.45) is 2.28. The number of amides is 3. The Morgan fingerprint density at radius 3 is 1.85 bits per heavy atom. The number of aliphatic imine (C=N–C) groups is 1. The maximum absolute atomic E-state index is 13.0. The molecule has 12 N–H and O–H groups in total. The molecule has 0 heterocycles. The lowest BCUT2D eigenvalue weighted by molar-refractivity contribution is -0.142. The largest absolute Gasteiger partial charge is 0.480 e. The molecule has 0 spiro atoms. The number of carboxylic acid groups (broad SMARTS) is 1. The first-order valence-corrected chi connectivity index (χ1v) is 11.5. The number of unbranched alkanes of at least 4 members (excludes halogenated alkanes) is 1. The number of hydrogen-bond donors (Lipinski definition) is 8. The van der Waals surface area contributed by atoms with Gasteiger partial charge in [0.1, 0.15) is 18.1 Å². The maximum Gasteiger partial charge on any atom is 0.326 e.